The number of aryl methyl sites for hydroxylation is 1. The Bertz CT molecular complexity index is 352. The van der Waals surface area contributed by atoms with Crippen molar-refractivity contribution in [1.29, 1.82) is 0 Å². The van der Waals surface area contributed by atoms with E-state index in [-0.39, 0.29) is 11.9 Å². The molecule has 1 aliphatic rings. The van der Waals surface area contributed by atoms with Crippen LogP contribution in [-0.2, 0) is 4.79 Å². The Morgan fingerprint density at radius 3 is 3.14 bits per heavy atom. The lowest BCUT2D eigenvalue weighted by molar-refractivity contribution is -0.119. The van der Waals surface area contributed by atoms with Gasteiger partial charge in [-0.3, -0.25) is 4.79 Å². The minimum atomic E-state index is 0.0862. The van der Waals surface area contributed by atoms with Crippen molar-refractivity contribution in [3.05, 3.63) is 17.8 Å². The second-order valence-electron chi connectivity index (χ2n) is 3.47. The van der Waals surface area contributed by atoms with E-state index in [1.807, 2.05) is 13.0 Å². The van der Waals surface area contributed by atoms with E-state index in [2.05, 4.69) is 20.8 Å². The largest absolute Gasteiger partial charge is 0.364 e. The fourth-order valence-corrected chi connectivity index (χ4v) is 1.45. The molecule has 1 aromatic heterocycles. The molecular weight excluding hydrogens is 180 g/mol. The highest BCUT2D eigenvalue weighted by Gasteiger charge is 2.21. The molecule has 1 saturated heterocycles. The van der Waals surface area contributed by atoms with E-state index >= 15 is 0 Å². The first-order chi connectivity index (χ1) is 6.74. The van der Waals surface area contributed by atoms with E-state index in [9.17, 15) is 4.79 Å². The van der Waals surface area contributed by atoms with Crippen molar-refractivity contribution in [2.45, 2.75) is 19.4 Å². The number of anilines is 1. The van der Waals surface area contributed by atoms with Crippen LogP contribution < -0.4 is 10.6 Å². The zero-order valence-corrected chi connectivity index (χ0v) is 7.95. The van der Waals surface area contributed by atoms with Gasteiger partial charge in [-0.05, 0) is 18.6 Å². The summed E-state index contributed by atoms with van der Waals surface area (Å²) in [6.07, 6.45) is 2.21. The summed E-state index contributed by atoms with van der Waals surface area (Å²) in [6, 6.07) is 2.05. The molecule has 0 saturated carbocycles. The molecule has 14 heavy (non-hydrogen) atoms. The van der Waals surface area contributed by atoms with Gasteiger partial charge in [-0.2, -0.15) is 5.10 Å². The smallest absolute Gasteiger partial charge is 0.222 e. The van der Waals surface area contributed by atoms with Crippen LogP contribution in [-0.4, -0.2) is 28.7 Å². The molecule has 5 nitrogen and oxygen atoms in total. The van der Waals surface area contributed by atoms with E-state index in [1.165, 1.54) is 0 Å². The number of nitrogens with zero attached hydrogens (tertiary/aromatic N) is 2. The van der Waals surface area contributed by atoms with Gasteiger partial charge in [-0.1, -0.05) is 0 Å². The van der Waals surface area contributed by atoms with Crippen molar-refractivity contribution >= 4 is 11.7 Å². The van der Waals surface area contributed by atoms with Gasteiger partial charge >= 0.3 is 0 Å². The van der Waals surface area contributed by atoms with Gasteiger partial charge in [0.1, 0.15) is 5.82 Å². The molecule has 2 N–H and O–H groups in total. The number of carbonyl (C=O) groups is 1. The summed E-state index contributed by atoms with van der Waals surface area (Å²) in [5.41, 5.74) is 1.06. The van der Waals surface area contributed by atoms with Crippen LogP contribution in [0.25, 0.3) is 0 Å². The second kappa shape index (κ2) is 3.61. The molecule has 2 heterocycles. The molecule has 2 rings (SSSR count). The summed E-state index contributed by atoms with van der Waals surface area (Å²) in [7, 11) is 0. The zero-order valence-electron chi connectivity index (χ0n) is 7.95. The standard InChI is InChI=1S/C9H12N4O/c1-6-2-8(13-11-4-6)12-7-3-9(14)10-5-7/h2,4,7H,3,5H2,1H3,(H,10,14)(H,12,13). The van der Waals surface area contributed by atoms with Gasteiger partial charge in [0, 0.05) is 13.0 Å². The van der Waals surface area contributed by atoms with Crippen LogP contribution in [0.4, 0.5) is 5.82 Å². The van der Waals surface area contributed by atoms with Crippen LogP contribution in [0.2, 0.25) is 0 Å². The molecule has 1 atom stereocenters. The molecule has 1 unspecified atom stereocenters. The molecule has 5 heteroatoms. The van der Waals surface area contributed by atoms with E-state index in [0.29, 0.717) is 13.0 Å². The van der Waals surface area contributed by atoms with Crippen LogP contribution in [0.1, 0.15) is 12.0 Å². The Labute approximate surface area is 81.9 Å². The molecule has 0 aliphatic carbocycles. The van der Waals surface area contributed by atoms with Gasteiger partial charge in [-0.25, -0.2) is 0 Å². The molecule has 1 aliphatic heterocycles. The van der Waals surface area contributed by atoms with E-state index in [0.717, 1.165) is 11.4 Å². The number of amides is 1. The maximum absolute atomic E-state index is 10.9. The first kappa shape index (κ1) is 8.93. The lowest BCUT2D eigenvalue weighted by atomic mass is 10.2. The summed E-state index contributed by atoms with van der Waals surface area (Å²) < 4.78 is 0. The Morgan fingerprint density at radius 1 is 1.64 bits per heavy atom. The first-order valence-electron chi connectivity index (χ1n) is 4.56. The number of hydrogen-bond donors (Lipinski definition) is 2. The number of nitrogens with one attached hydrogen (secondary N) is 2. The lowest BCUT2D eigenvalue weighted by Gasteiger charge is -2.09. The number of carbonyl (C=O) groups excluding carboxylic acids is 1. The van der Waals surface area contributed by atoms with Gasteiger partial charge < -0.3 is 10.6 Å². The molecule has 1 aromatic rings. The third-order valence-electron chi connectivity index (χ3n) is 2.12. The molecule has 0 aromatic carbocycles. The van der Waals surface area contributed by atoms with Gasteiger partial charge in [0.2, 0.25) is 5.91 Å². The monoisotopic (exact) mass is 192 g/mol. The van der Waals surface area contributed by atoms with Crippen molar-refractivity contribution in [3.63, 3.8) is 0 Å². The van der Waals surface area contributed by atoms with Crippen molar-refractivity contribution in [3.8, 4) is 0 Å². The Hall–Kier alpha value is -1.65. The minimum absolute atomic E-state index is 0.0862. The normalized spacial score (nSPS) is 20.6. The summed E-state index contributed by atoms with van der Waals surface area (Å²) in [5.74, 6) is 0.814. The number of hydrogen-bond acceptors (Lipinski definition) is 4. The minimum Gasteiger partial charge on any atom is -0.364 e. The van der Waals surface area contributed by atoms with E-state index in [1.54, 1.807) is 6.20 Å². The van der Waals surface area contributed by atoms with Crippen molar-refractivity contribution in [2.75, 3.05) is 11.9 Å². The van der Waals surface area contributed by atoms with Crippen molar-refractivity contribution in [2.24, 2.45) is 0 Å². The molecule has 1 amide bonds. The third-order valence-corrected chi connectivity index (χ3v) is 2.12. The Balaban J connectivity index is 2.00. The molecule has 1 fully saturated rings. The quantitative estimate of drug-likeness (QED) is 0.696. The maximum Gasteiger partial charge on any atom is 0.222 e. The van der Waals surface area contributed by atoms with Crippen LogP contribution >= 0.6 is 0 Å². The molecule has 0 radical (unpaired) electrons. The van der Waals surface area contributed by atoms with Gasteiger partial charge in [0.25, 0.3) is 0 Å². The van der Waals surface area contributed by atoms with Gasteiger partial charge in [0.15, 0.2) is 0 Å². The Morgan fingerprint density at radius 2 is 2.50 bits per heavy atom. The highest BCUT2D eigenvalue weighted by atomic mass is 16.1. The van der Waals surface area contributed by atoms with Crippen LogP contribution in [0.15, 0.2) is 12.3 Å². The van der Waals surface area contributed by atoms with E-state index in [4.69, 9.17) is 0 Å². The summed E-state index contributed by atoms with van der Waals surface area (Å²) in [6.45, 7) is 2.62. The van der Waals surface area contributed by atoms with E-state index < -0.39 is 0 Å². The Kier molecular flexibility index (Phi) is 2.30. The number of rotatable bonds is 2. The molecular formula is C9H12N4O. The molecule has 74 valence electrons. The van der Waals surface area contributed by atoms with Gasteiger partial charge in [0.05, 0.1) is 12.2 Å². The topological polar surface area (TPSA) is 66.9 Å². The summed E-state index contributed by atoms with van der Waals surface area (Å²) in [4.78, 5) is 10.9. The predicted octanol–water partition coefficient (Wildman–Crippen LogP) is 0.0854. The van der Waals surface area contributed by atoms with Crippen molar-refractivity contribution < 1.29 is 4.79 Å². The summed E-state index contributed by atoms with van der Waals surface area (Å²) in [5, 5.41) is 13.7. The van der Waals surface area contributed by atoms with Crippen LogP contribution in [0.3, 0.4) is 0 Å². The van der Waals surface area contributed by atoms with Crippen molar-refractivity contribution in [1.82, 2.24) is 15.5 Å². The highest BCUT2D eigenvalue weighted by molar-refractivity contribution is 5.79. The fourth-order valence-electron chi connectivity index (χ4n) is 1.45. The SMILES string of the molecule is Cc1cnnc(NC2CNC(=O)C2)c1. The fraction of sp³-hybridized carbons (Fsp3) is 0.444. The first-order valence-corrected chi connectivity index (χ1v) is 4.56. The second-order valence-corrected chi connectivity index (χ2v) is 3.47. The zero-order chi connectivity index (χ0) is 9.97. The average Bonchev–Trinajstić information content (AvgIpc) is 2.51. The van der Waals surface area contributed by atoms with Crippen LogP contribution in [0.5, 0.6) is 0 Å². The molecule has 0 bridgehead atoms. The third kappa shape index (κ3) is 1.99. The molecule has 0 spiro atoms. The lowest BCUT2D eigenvalue weighted by Crippen LogP contribution is -2.23. The van der Waals surface area contributed by atoms with Gasteiger partial charge in [-0.15, -0.1) is 5.10 Å². The van der Waals surface area contributed by atoms with Crippen LogP contribution in [0, 0.1) is 6.92 Å². The summed E-state index contributed by atoms with van der Waals surface area (Å²) >= 11 is 0. The average molecular weight is 192 g/mol. The highest BCUT2D eigenvalue weighted by Crippen LogP contribution is 2.09. The maximum atomic E-state index is 10.9. The predicted molar refractivity (Wildman–Crippen MR) is 51.8 cm³/mol. The number of aromatic nitrogens is 2.